The lowest BCUT2D eigenvalue weighted by atomic mass is 10.1. The van der Waals surface area contributed by atoms with E-state index in [0.29, 0.717) is 18.3 Å². The molecule has 0 amide bonds. The number of carbonyl (C=O) groups excluding carboxylic acids is 1. The van der Waals surface area contributed by atoms with Crippen LogP contribution in [-0.4, -0.2) is 28.8 Å². The molecular weight excluding hydrogens is 308 g/mol. The molecule has 0 N–H and O–H groups in total. The lowest BCUT2D eigenvalue weighted by Crippen LogP contribution is -2.24. The summed E-state index contributed by atoms with van der Waals surface area (Å²) in [5.41, 5.74) is 2.01. The highest BCUT2D eigenvalue weighted by molar-refractivity contribution is 5.74. The number of esters is 1. The van der Waals surface area contributed by atoms with Crippen molar-refractivity contribution < 1.29 is 18.8 Å². The van der Waals surface area contributed by atoms with Gasteiger partial charge in [-0.3, -0.25) is 0 Å². The number of aryl methyl sites for hydroxylation is 1. The fraction of sp³-hybridized carbons (Fsp3) is 0.500. The summed E-state index contributed by atoms with van der Waals surface area (Å²) >= 11 is 0. The highest BCUT2D eigenvalue weighted by Gasteiger charge is 2.17. The van der Waals surface area contributed by atoms with Crippen molar-refractivity contribution >= 4 is 5.97 Å². The van der Waals surface area contributed by atoms with Gasteiger partial charge in [0.25, 0.3) is 5.89 Å². The summed E-state index contributed by atoms with van der Waals surface area (Å²) in [5.74, 6) is 0.830. The molecule has 1 atom stereocenters. The monoisotopic (exact) mass is 332 g/mol. The SMILES string of the molecule is Cc1ccc(-c2noc(COC(=O)C(C)OCCC(C)C)n2)cc1. The Morgan fingerprint density at radius 3 is 2.58 bits per heavy atom. The van der Waals surface area contributed by atoms with Crippen LogP contribution in [0.1, 0.15) is 38.6 Å². The van der Waals surface area contributed by atoms with Gasteiger partial charge in [-0.05, 0) is 26.2 Å². The van der Waals surface area contributed by atoms with Crippen LogP contribution < -0.4 is 0 Å². The molecule has 0 saturated carbocycles. The van der Waals surface area contributed by atoms with Gasteiger partial charge >= 0.3 is 5.97 Å². The van der Waals surface area contributed by atoms with Gasteiger partial charge in [0.05, 0.1) is 0 Å². The van der Waals surface area contributed by atoms with Crippen LogP contribution in [0.15, 0.2) is 28.8 Å². The molecule has 0 radical (unpaired) electrons. The van der Waals surface area contributed by atoms with Crippen molar-refractivity contribution in [2.75, 3.05) is 6.61 Å². The molecule has 6 nitrogen and oxygen atoms in total. The smallest absolute Gasteiger partial charge is 0.335 e. The standard InChI is InChI=1S/C18H24N2O4/c1-12(2)9-10-22-14(4)18(21)23-11-16-19-17(20-24-16)15-7-5-13(3)6-8-15/h5-8,12,14H,9-11H2,1-4H3. The predicted octanol–water partition coefficient (Wildman–Crippen LogP) is 3.54. The van der Waals surface area contributed by atoms with Gasteiger partial charge in [-0.1, -0.05) is 48.8 Å². The van der Waals surface area contributed by atoms with Gasteiger partial charge in [0.15, 0.2) is 12.7 Å². The Hall–Kier alpha value is -2.21. The Balaban J connectivity index is 1.82. The average Bonchev–Trinajstić information content (AvgIpc) is 3.01. The molecule has 1 aromatic heterocycles. The van der Waals surface area contributed by atoms with E-state index < -0.39 is 12.1 Å². The van der Waals surface area contributed by atoms with Crippen molar-refractivity contribution in [2.45, 2.75) is 46.8 Å². The Labute approximate surface area is 142 Å². The van der Waals surface area contributed by atoms with Gasteiger partial charge in [0.2, 0.25) is 5.82 Å². The van der Waals surface area contributed by atoms with E-state index in [-0.39, 0.29) is 12.5 Å². The Morgan fingerprint density at radius 1 is 1.21 bits per heavy atom. The van der Waals surface area contributed by atoms with Crippen molar-refractivity contribution in [1.82, 2.24) is 10.1 Å². The molecule has 130 valence electrons. The van der Waals surface area contributed by atoms with Gasteiger partial charge in [0.1, 0.15) is 0 Å². The minimum Gasteiger partial charge on any atom is -0.454 e. The number of rotatable bonds is 8. The number of aromatic nitrogens is 2. The maximum Gasteiger partial charge on any atom is 0.335 e. The van der Waals surface area contributed by atoms with E-state index >= 15 is 0 Å². The molecule has 2 rings (SSSR count). The molecular formula is C18H24N2O4. The third kappa shape index (κ3) is 5.45. The van der Waals surface area contributed by atoms with Crippen LogP contribution in [0.25, 0.3) is 11.4 Å². The number of benzene rings is 1. The highest BCUT2D eigenvalue weighted by Crippen LogP contribution is 2.16. The number of hydrogen-bond acceptors (Lipinski definition) is 6. The zero-order valence-electron chi connectivity index (χ0n) is 14.6. The lowest BCUT2D eigenvalue weighted by molar-refractivity contribution is -0.158. The molecule has 0 bridgehead atoms. The molecule has 6 heteroatoms. The van der Waals surface area contributed by atoms with E-state index in [1.807, 2.05) is 31.2 Å². The molecule has 1 heterocycles. The molecule has 1 aromatic carbocycles. The first-order valence-corrected chi connectivity index (χ1v) is 8.13. The van der Waals surface area contributed by atoms with E-state index in [0.717, 1.165) is 17.5 Å². The second-order valence-electron chi connectivity index (χ2n) is 6.18. The minimum absolute atomic E-state index is 0.0599. The summed E-state index contributed by atoms with van der Waals surface area (Å²) in [6, 6.07) is 7.78. The summed E-state index contributed by atoms with van der Waals surface area (Å²) < 4.78 is 15.7. The van der Waals surface area contributed by atoms with Crippen molar-refractivity contribution in [3.63, 3.8) is 0 Å². The van der Waals surface area contributed by atoms with E-state index in [1.165, 1.54) is 0 Å². The van der Waals surface area contributed by atoms with Crippen LogP contribution >= 0.6 is 0 Å². The predicted molar refractivity (Wildman–Crippen MR) is 89.1 cm³/mol. The molecule has 0 saturated heterocycles. The third-order valence-electron chi connectivity index (χ3n) is 3.51. The molecule has 0 aliphatic carbocycles. The zero-order chi connectivity index (χ0) is 17.5. The van der Waals surface area contributed by atoms with Gasteiger partial charge in [-0.15, -0.1) is 0 Å². The first-order valence-electron chi connectivity index (χ1n) is 8.13. The van der Waals surface area contributed by atoms with E-state index in [2.05, 4.69) is 24.0 Å². The van der Waals surface area contributed by atoms with Crippen molar-refractivity contribution in [1.29, 1.82) is 0 Å². The van der Waals surface area contributed by atoms with Crippen molar-refractivity contribution in [3.8, 4) is 11.4 Å². The normalized spacial score (nSPS) is 12.4. The maximum absolute atomic E-state index is 11.9. The zero-order valence-corrected chi connectivity index (χ0v) is 14.6. The average molecular weight is 332 g/mol. The fourth-order valence-electron chi connectivity index (χ4n) is 1.93. The number of hydrogen-bond donors (Lipinski definition) is 0. The summed E-state index contributed by atoms with van der Waals surface area (Å²) in [5, 5.41) is 3.90. The largest absolute Gasteiger partial charge is 0.454 e. The molecule has 24 heavy (non-hydrogen) atoms. The van der Waals surface area contributed by atoms with Crippen LogP contribution in [0.3, 0.4) is 0 Å². The van der Waals surface area contributed by atoms with Crippen LogP contribution in [0.5, 0.6) is 0 Å². The van der Waals surface area contributed by atoms with E-state index in [1.54, 1.807) is 6.92 Å². The second-order valence-corrected chi connectivity index (χ2v) is 6.18. The molecule has 2 aromatic rings. The Morgan fingerprint density at radius 2 is 1.92 bits per heavy atom. The molecule has 1 unspecified atom stereocenters. The summed E-state index contributed by atoms with van der Waals surface area (Å²) in [6.07, 6.45) is 0.296. The Bertz CT molecular complexity index is 649. The summed E-state index contributed by atoms with van der Waals surface area (Å²) in [6.45, 7) is 8.37. The minimum atomic E-state index is -0.608. The summed E-state index contributed by atoms with van der Waals surface area (Å²) in [7, 11) is 0. The molecule has 0 aliphatic heterocycles. The molecule has 0 aliphatic rings. The van der Waals surface area contributed by atoms with Gasteiger partial charge in [0, 0.05) is 12.2 Å². The molecule has 0 spiro atoms. The first kappa shape index (κ1) is 18.1. The third-order valence-corrected chi connectivity index (χ3v) is 3.51. The van der Waals surface area contributed by atoms with Crippen LogP contribution in [0, 0.1) is 12.8 Å². The van der Waals surface area contributed by atoms with Gasteiger partial charge in [-0.2, -0.15) is 4.98 Å². The maximum atomic E-state index is 11.9. The lowest BCUT2D eigenvalue weighted by Gasteiger charge is -2.12. The van der Waals surface area contributed by atoms with Crippen LogP contribution in [-0.2, 0) is 20.9 Å². The van der Waals surface area contributed by atoms with Gasteiger partial charge in [-0.25, -0.2) is 4.79 Å². The van der Waals surface area contributed by atoms with Crippen molar-refractivity contribution in [3.05, 3.63) is 35.7 Å². The van der Waals surface area contributed by atoms with Crippen LogP contribution in [0.4, 0.5) is 0 Å². The summed E-state index contributed by atoms with van der Waals surface area (Å²) in [4.78, 5) is 16.1. The van der Waals surface area contributed by atoms with Crippen LogP contribution in [0.2, 0.25) is 0 Å². The Kier molecular flexibility index (Phi) is 6.49. The molecule has 0 fully saturated rings. The number of nitrogens with zero attached hydrogens (tertiary/aromatic N) is 2. The quantitative estimate of drug-likeness (QED) is 0.688. The van der Waals surface area contributed by atoms with E-state index in [9.17, 15) is 4.79 Å². The highest BCUT2D eigenvalue weighted by atomic mass is 16.6. The topological polar surface area (TPSA) is 74.5 Å². The second kappa shape index (κ2) is 8.59. The number of carbonyl (C=O) groups is 1. The number of ether oxygens (including phenoxy) is 2. The van der Waals surface area contributed by atoms with Gasteiger partial charge < -0.3 is 14.0 Å². The van der Waals surface area contributed by atoms with E-state index in [4.69, 9.17) is 14.0 Å². The van der Waals surface area contributed by atoms with Crippen molar-refractivity contribution in [2.24, 2.45) is 5.92 Å². The fourth-order valence-corrected chi connectivity index (χ4v) is 1.93. The first-order chi connectivity index (χ1) is 11.5.